The minimum Gasteiger partial charge on any atom is -0.496 e. The van der Waals surface area contributed by atoms with Gasteiger partial charge in [0.2, 0.25) is 5.91 Å². The third-order valence-electron chi connectivity index (χ3n) is 6.12. The maximum atomic E-state index is 12.8. The SMILES string of the molecule is COc1cccc2c1CCC2(N)C(=O)NC1CC2(CCC2)C1. The summed E-state index contributed by atoms with van der Waals surface area (Å²) in [7, 11) is 1.67. The molecule has 1 spiro atoms. The second-order valence-corrected chi connectivity index (χ2v) is 7.39. The van der Waals surface area contributed by atoms with Gasteiger partial charge in [0.25, 0.3) is 0 Å². The molecular formula is C18H24N2O2. The minimum absolute atomic E-state index is 0.0151. The summed E-state index contributed by atoms with van der Waals surface area (Å²) in [5, 5.41) is 3.20. The molecule has 1 amide bonds. The number of rotatable bonds is 3. The number of carbonyl (C=O) groups is 1. The van der Waals surface area contributed by atoms with Gasteiger partial charge in [-0.2, -0.15) is 0 Å². The predicted octanol–water partition coefficient (Wildman–Crippen LogP) is 2.24. The van der Waals surface area contributed by atoms with Crippen molar-refractivity contribution < 1.29 is 9.53 Å². The van der Waals surface area contributed by atoms with Gasteiger partial charge in [-0.25, -0.2) is 0 Å². The van der Waals surface area contributed by atoms with Gasteiger partial charge in [0.15, 0.2) is 0 Å². The summed E-state index contributed by atoms with van der Waals surface area (Å²) in [6.45, 7) is 0. The van der Waals surface area contributed by atoms with E-state index in [4.69, 9.17) is 10.5 Å². The second-order valence-electron chi connectivity index (χ2n) is 7.39. The molecule has 0 bridgehead atoms. The summed E-state index contributed by atoms with van der Waals surface area (Å²) in [5.74, 6) is 0.827. The van der Waals surface area contributed by atoms with Gasteiger partial charge in [-0.05, 0) is 61.1 Å². The fourth-order valence-electron chi connectivity index (χ4n) is 4.61. The number of amides is 1. The van der Waals surface area contributed by atoms with Gasteiger partial charge in [0.1, 0.15) is 11.3 Å². The molecule has 4 heteroatoms. The van der Waals surface area contributed by atoms with E-state index in [1.165, 1.54) is 19.3 Å². The summed E-state index contributed by atoms with van der Waals surface area (Å²) >= 11 is 0. The Kier molecular flexibility index (Phi) is 3.02. The molecule has 3 aliphatic rings. The van der Waals surface area contributed by atoms with E-state index in [0.29, 0.717) is 17.9 Å². The molecule has 118 valence electrons. The molecule has 0 aromatic heterocycles. The fourth-order valence-corrected chi connectivity index (χ4v) is 4.61. The van der Waals surface area contributed by atoms with Crippen molar-refractivity contribution in [1.82, 2.24) is 5.32 Å². The van der Waals surface area contributed by atoms with E-state index in [1.54, 1.807) is 7.11 Å². The van der Waals surface area contributed by atoms with Gasteiger partial charge in [0, 0.05) is 6.04 Å². The zero-order valence-electron chi connectivity index (χ0n) is 13.2. The summed E-state index contributed by atoms with van der Waals surface area (Å²) in [6.07, 6.45) is 7.78. The highest BCUT2D eigenvalue weighted by atomic mass is 16.5. The van der Waals surface area contributed by atoms with E-state index < -0.39 is 5.54 Å². The lowest BCUT2D eigenvalue weighted by molar-refractivity contribution is -0.130. The molecule has 22 heavy (non-hydrogen) atoms. The number of hydrogen-bond acceptors (Lipinski definition) is 3. The first-order valence-electron chi connectivity index (χ1n) is 8.33. The van der Waals surface area contributed by atoms with Crippen molar-refractivity contribution in [1.29, 1.82) is 0 Å². The molecule has 1 aromatic carbocycles. The first-order valence-corrected chi connectivity index (χ1v) is 8.33. The van der Waals surface area contributed by atoms with Crippen LogP contribution in [0.2, 0.25) is 0 Å². The fraction of sp³-hybridized carbons (Fsp3) is 0.611. The van der Waals surface area contributed by atoms with Gasteiger partial charge in [-0.15, -0.1) is 0 Å². The standard InChI is InChI=1S/C18H24N2O2/c1-22-15-5-2-4-14-13(15)6-9-18(14,19)16(21)20-12-10-17(11-12)7-3-8-17/h2,4-5,12H,3,6-11,19H2,1H3,(H,20,21). The number of methoxy groups -OCH3 is 1. The van der Waals surface area contributed by atoms with Crippen molar-refractivity contribution in [3.8, 4) is 5.75 Å². The van der Waals surface area contributed by atoms with E-state index >= 15 is 0 Å². The Balaban J connectivity index is 1.50. The van der Waals surface area contributed by atoms with Crippen LogP contribution in [0.3, 0.4) is 0 Å². The molecule has 0 radical (unpaired) electrons. The van der Waals surface area contributed by atoms with Crippen LogP contribution in [0.4, 0.5) is 0 Å². The molecule has 4 rings (SSSR count). The Morgan fingerprint density at radius 2 is 2.09 bits per heavy atom. The highest BCUT2D eigenvalue weighted by Crippen LogP contribution is 2.56. The van der Waals surface area contributed by atoms with Crippen molar-refractivity contribution in [3.63, 3.8) is 0 Å². The second kappa shape index (κ2) is 4.72. The number of ether oxygens (including phenoxy) is 1. The van der Waals surface area contributed by atoms with Crippen molar-refractivity contribution in [2.45, 2.75) is 56.5 Å². The predicted molar refractivity (Wildman–Crippen MR) is 84.6 cm³/mol. The van der Waals surface area contributed by atoms with E-state index in [2.05, 4.69) is 5.32 Å². The topological polar surface area (TPSA) is 64.3 Å². The molecule has 4 nitrogen and oxygen atoms in total. The van der Waals surface area contributed by atoms with Crippen molar-refractivity contribution >= 4 is 5.91 Å². The summed E-state index contributed by atoms with van der Waals surface area (Å²) < 4.78 is 5.41. The van der Waals surface area contributed by atoms with Crippen molar-refractivity contribution in [2.75, 3.05) is 7.11 Å². The number of hydrogen-bond donors (Lipinski definition) is 2. The third-order valence-corrected chi connectivity index (χ3v) is 6.12. The average molecular weight is 300 g/mol. The van der Waals surface area contributed by atoms with Crippen LogP contribution in [0.25, 0.3) is 0 Å². The third kappa shape index (κ3) is 1.89. The van der Waals surface area contributed by atoms with Crippen LogP contribution in [-0.4, -0.2) is 19.1 Å². The van der Waals surface area contributed by atoms with Gasteiger partial charge < -0.3 is 15.8 Å². The number of benzene rings is 1. The van der Waals surface area contributed by atoms with Crippen LogP contribution >= 0.6 is 0 Å². The van der Waals surface area contributed by atoms with Gasteiger partial charge in [-0.1, -0.05) is 18.6 Å². The largest absolute Gasteiger partial charge is 0.496 e. The van der Waals surface area contributed by atoms with E-state index in [-0.39, 0.29) is 5.91 Å². The Morgan fingerprint density at radius 3 is 2.73 bits per heavy atom. The highest BCUT2D eigenvalue weighted by molar-refractivity contribution is 5.89. The van der Waals surface area contributed by atoms with Crippen LogP contribution < -0.4 is 15.8 Å². The lowest BCUT2D eigenvalue weighted by atomic mass is 9.54. The normalized spacial score (nSPS) is 28.6. The lowest BCUT2D eigenvalue weighted by Gasteiger charge is -2.54. The minimum atomic E-state index is -0.897. The summed E-state index contributed by atoms with van der Waals surface area (Å²) in [4.78, 5) is 12.8. The van der Waals surface area contributed by atoms with E-state index in [0.717, 1.165) is 36.1 Å². The van der Waals surface area contributed by atoms with Crippen molar-refractivity contribution in [2.24, 2.45) is 11.1 Å². The van der Waals surface area contributed by atoms with Crippen molar-refractivity contribution in [3.05, 3.63) is 29.3 Å². The smallest absolute Gasteiger partial charge is 0.244 e. The molecule has 1 aromatic rings. The average Bonchev–Trinajstić information content (AvgIpc) is 2.79. The highest BCUT2D eigenvalue weighted by Gasteiger charge is 2.50. The monoisotopic (exact) mass is 300 g/mol. The Labute approximate surface area is 131 Å². The van der Waals surface area contributed by atoms with Crippen LogP contribution in [-0.2, 0) is 16.8 Å². The molecule has 3 N–H and O–H groups in total. The Bertz CT molecular complexity index is 616. The van der Waals surface area contributed by atoms with E-state index in [1.807, 2.05) is 18.2 Å². The summed E-state index contributed by atoms with van der Waals surface area (Å²) in [6, 6.07) is 6.15. The summed E-state index contributed by atoms with van der Waals surface area (Å²) in [5.41, 5.74) is 8.20. The molecule has 1 atom stereocenters. The molecule has 0 saturated heterocycles. The quantitative estimate of drug-likeness (QED) is 0.900. The number of carbonyl (C=O) groups excluding carboxylic acids is 1. The zero-order chi connectivity index (χ0) is 15.4. The molecular weight excluding hydrogens is 276 g/mol. The molecule has 1 unspecified atom stereocenters. The molecule has 3 aliphatic carbocycles. The van der Waals surface area contributed by atoms with Gasteiger partial charge in [-0.3, -0.25) is 4.79 Å². The van der Waals surface area contributed by atoms with E-state index in [9.17, 15) is 4.79 Å². The molecule has 0 heterocycles. The molecule has 0 aliphatic heterocycles. The Morgan fingerprint density at radius 1 is 1.32 bits per heavy atom. The number of fused-ring (bicyclic) bond motifs is 1. The first kappa shape index (κ1) is 14.1. The maximum absolute atomic E-state index is 12.8. The van der Waals surface area contributed by atoms with Gasteiger partial charge >= 0.3 is 0 Å². The van der Waals surface area contributed by atoms with Crippen LogP contribution in [0.5, 0.6) is 5.75 Å². The van der Waals surface area contributed by atoms with Crippen LogP contribution in [0.1, 0.15) is 49.7 Å². The van der Waals surface area contributed by atoms with Crippen LogP contribution in [0.15, 0.2) is 18.2 Å². The molecule has 2 fully saturated rings. The van der Waals surface area contributed by atoms with Crippen LogP contribution in [0, 0.1) is 5.41 Å². The molecule has 2 saturated carbocycles. The number of nitrogens with two attached hydrogens (primary N) is 1. The maximum Gasteiger partial charge on any atom is 0.244 e. The zero-order valence-corrected chi connectivity index (χ0v) is 13.2. The van der Waals surface area contributed by atoms with Gasteiger partial charge in [0.05, 0.1) is 7.11 Å². The first-order chi connectivity index (χ1) is 10.6. The Hall–Kier alpha value is -1.55. The lowest BCUT2D eigenvalue weighted by Crippen LogP contribution is -2.59. The number of nitrogens with one attached hydrogen (secondary N) is 1.